The van der Waals surface area contributed by atoms with Gasteiger partial charge in [0.15, 0.2) is 5.96 Å². The molecule has 1 unspecified atom stereocenters. The van der Waals surface area contributed by atoms with Crippen molar-refractivity contribution in [2.24, 2.45) is 10.4 Å². The zero-order valence-electron chi connectivity index (χ0n) is 17.0. The normalized spacial score (nSPS) is 25.0. The quantitative estimate of drug-likeness (QED) is 0.359. The van der Waals surface area contributed by atoms with Crippen LogP contribution in [0.15, 0.2) is 23.3 Å². The minimum Gasteiger partial charge on any atom is -0.378 e. The smallest absolute Gasteiger partial charge is 0.220 e. The monoisotopic (exact) mass is 514 g/mol. The number of ether oxygens (including phenoxy) is 1. The number of amides is 1. The Hall–Kier alpha value is -1.62. The molecule has 29 heavy (non-hydrogen) atoms. The number of rotatable bonds is 3. The number of carbonyl (C=O) groups is 1. The van der Waals surface area contributed by atoms with Crippen LogP contribution in [0.2, 0.25) is 0 Å². The summed E-state index contributed by atoms with van der Waals surface area (Å²) < 4.78 is 5.40. The van der Waals surface area contributed by atoms with Crippen LogP contribution in [-0.2, 0) is 16.1 Å². The maximum absolute atomic E-state index is 11.7. The zero-order valence-corrected chi connectivity index (χ0v) is 19.4. The molecule has 1 atom stereocenters. The van der Waals surface area contributed by atoms with Gasteiger partial charge in [-0.1, -0.05) is 6.07 Å². The number of morpholine rings is 1. The average Bonchev–Trinajstić information content (AvgIpc) is 3.09. The number of likely N-dealkylation sites (tertiary alicyclic amines) is 1. The first kappa shape index (κ1) is 22.1. The fourth-order valence-electron chi connectivity index (χ4n) is 4.44. The Morgan fingerprint density at radius 1 is 1.34 bits per heavy atom. The minimum absolute atomic E-state index is 0. The first-order chi connectivity index (χ1) is 13.7. The second-order valence-electron chi connectivity index (χ2n) is 8.00. The lowest BCUT2D eigenvalue weighted by molar-refractivity contribution is -0.119. The van der Waals surface area contributed by atoms with E-state index in [-0.39, 0.29) is 35.3 Å². The molecule has 3 fully saturated rings. The van der Waals surface area contributed by atoms with Gasteiger partial charge in [-0.15, -0.1) is 24.0 Å². The van der Waals surface area contributed by atoms with Crippen molar-refractivity contribution in [1.82, 2.24) is 20.5 Å². The highest BCUT2D eigenvalue weighted by molar-refractivity contribution is 14.0. The van der Waals surface area contributed by atoms with E-state index < -0.39 is 0 Å². The second-order valence-corrected chi connectivity index (χ2v) is 8.00. The molecule has 4 rings (SSSR count). The van der Waals surface area contributed by atoms with Crippen LogP contribution in [0, 0.1) is 5.41 Å². The van der Waals surface area contributed by atoms with E-state index in [2.05, 4.69) is 42.5 Å². The van der Waals surface area contributed by atoms with Crippen molar-refractivity contribution in [3.8, 4) is 0 Å². The van der Waals surface area contributed by atoms with Crippen LogP contribution < -0.4 is 15.5 Å². The summed E-state index contributed by atoms with van der Waals surface area (Å²) in [7, 11) is 1.82. The highest BCUT2D eigenvalue weighted by Crippen LogP contribution is 2.36. The van der Waals surface area contributed by atoms with E-state index in [4.69, 9.17) is 4.74 Å². The molecule has 3 saturated heterocycles. The number of guanidine groups is 1. The molecule has 0 saturated carbocycles. The fraction of sp³-hybridized carbons (Fsp3) is 0.650. The summed E-state index contributed by atoms with van der Waals surface area (Å²) in [5.74, 6) is 2.08. The van der Waals surface area contributed by atoms with Gasteiger partial charge in [0.05, 0.1) is 13.2 Å². The number of nitrogens with zero attached hydrogens (tertiary/aromatic N) is 4. The van der Waals surface area contributed by atoms with Gasteiger partial charge in [0, 0.05) is 64.3 Å². The maximum Gasteiger partial charge on any atom is 0.220 e. The minimum atomic E-state index is 0. The molecule has 1 amide bonds. The number of aliphatic imine (C=N–C) groups is 1. The number of hydrogen-bond acceptors (Lipinski definition) is 5. The predicted molar refractivity (Wildman–Crippen MR) is 124 cm³/mol. The Bertz CT molecular complexity index is 722. The van der Waals surface area contributed by atoms with Crippen LogP contribution in [0.3, 0.4) is 0 Å². The maximum atomic E-state index is 11.7. The Morgan fingerprint density at radius 2 is 2.17 bits per heavy atom. The van der Waals surface area contributed by atoms with Gasteiger partial charge in [0.1, 0.15) is 5.82 Å². The Morgan fingerprint density at radius 3 is 2.83 bits per heavy atom. The highest BCUT2D eigenvalue weighted by atomic mass is 127. The summed E-state index contributed by atoms with van der Waals surface area (Å²) in [6.07, 6.45) is 4.76. The third-order valence-electron chi connectivity index (χ3n) is 5.96. The largest absolute Gasteiger partial charge is 0.378 e. The van der Waals surface area contributed by atoms with Gasteiger partial charge < -0.3 is 25.2 Å². The molecule has 3 aliphatic heterocycles. The second kappa shape index (κ2) is 9.92. The van der Waals surface area contributed by atoms with E-state index in [9.17, 15) is 4.79 Å². The molecule has 160 valence electrons. The molecule has 9 heteroatoms. The number of nitrogens with one attached hydrogen (secondary N) is 2. The van der Waals surface area contributed by atoms with Gasteiger partial charge in [-0.2, -0.15) is 0 Å². The average molecular weight is 514 g/mol. The van der Waals surface area contributed by atoms with E-state index in [1.54, 1.807) is 0 Å². The third kappa shape index (κ3) is 5.30. The molecule has 1 spiro atoms. The molecular weight excluding hydrogens is 483 g/mol. The van der Waals surface area contributed by atoms with E-state index in [1.165, 1.54) is 0 Å². The van der Waals surface area contributed by atoms with Crippen molar-refractivity contribution in [2.75, 3.05) is 57.9 Å². The molecule has 8 nitrogen and oxygen atoms in total. The first-order valence-electron chi connectivity index (χ1n) is 10.2. The van der Waals surface area contributed by atoms with Crippen molar-refractivity contribution >= 4 is 41.7 Å². The highest BCUT2D eigenvalue weighted by Gasteiger charge is 2.42. The number of pyridine rings is 1. The van der Waals surface area contributed by atoms with Crippen LogP contribution in [0.4, 0.5) is 5.82 Å². The molecule has 0 aromatic carbocycles. The van der Waals surface area contributed by atoms with Gasteiger partial charge in [-0.05, 0) is 24.5 Å². The van der Waals surface area contributed by atoms with E-state index in [1.807, 2.05) is 13.2 Å². The van der Waals surface area contributed by atoms with Gasteiger partial charge >= 0.3 is 0 Å². The molecular formula is C20H31IN6O2. The lowest BCUT2D eigenvalue weighted by Crippen LogP contribution is -2.51. The Kier molecular flexibility index (Phi) is 7.55. The molecule has 2 N–H and O–H groups in total. The molecule has 3 aliphatic rings. The summed E-state index contributed by atoms with van der Waals surface area (Å²) >= 11 is 0. The molecule has 0 radical (unpaired) electrons. The summed E-state index contributed by atoms with van der Waals surface area (Å²) in [6.45, 7) is 6.63. The molecule has 0 bridgehead atoms. The Labute approximate surface area is 189 Å². The van der Waals surface area contributed by atoms with Crippen LogP contribution in [-0.4, -0.2) is 74.7 Å². The van der Waals surface area contributed by atoms with Gasteiger partial charge in [0.2, 0.25) is 5.91 Å². The van der Waals surface area contributed by atoms with E-state index in [0.717, 1.165) is 76.1 Å². The van der Waals surface area contributed by atoms with Gasteiger partial charge in [0.25, 0.3) is 0 Å². The third-order valence-corrected chi connectivity index (χ3v) is 5.96. The molecule has 0 aliphatic carbocycles. The standard InChI is InChI=1S/C20H30N6O2.HI/c1-21-19(26-6-2-5-20(15-26)11-18(27)24-14-20)23-13-16-3-4-17(22-12-16)25-7-9-28-10-8-25;/h3-4,12H,2,5-11,13-15H2,1H3,(H,21,23)(H,24,27);1H. The Balaban J connectivity index is 0.00000240. The fourth-order valence-corrected chi connectivity index (χ4v) is 4.44. The van der Waals surface area contributed by atoms with Crippen molar-refractivity contribution in [3.63, 3.8) is 0 Å². The lowest BCUT2D eigenvalue weighted by Gasteiger charge is -2.40. The van der Waals surface area contributed by atoms with Gasteiger partial charge in [-0.25, -0.2) is 4.98 Å². The SMILES string of the molecule is CN=C(NCc1ccc(N2CCOCC2)nc1)N1CCCC2(CNC(=O)C2)C1.I. The van der Waals surface area contributed by atoms with Crippen molar-refractivity contribution in [2.45, 2.75) is 25.8 Å². The molecule has 1 aromatic heterocycles. The number of hydrogen-bond donors (Lipinski definition) is 2. The molecule has 4 heterocycles. The lowest BCUT2D eigenvalue weighted by atomic mass is 9.79. The predicted octanol–water partition coefficient (Wildman–Crippen LogP) is 1.21. The van der Waals surface area contributed by atoms with Crippen molar-refractivity contribution in [1.29, 1.82) is 0 Å². The zero-order chi connectivity index (χ0) is 19.4. The summed E-state index contributed by atoms with van der Waals surface area (Å²) in [4.78, 5) is 25.4. The van der Waals surface area contributed by atoms with Crippen LogP contribution in [0.1, 0.15) is 24.8 Å². The number of anilines is 1. The van der Waals surface area contributed by atoms with Crippen LogP contribution in [0.5, 0.6) is 0 Å². The topological polar surface area (TPSA) is 82.1 Å². The van der Waals surface area contributed by atoms with Crippen LogP contribution in [0.25, 0.3) is 0 Å². The van der Waals surface area contributed by atoms with Crippen molar-refractivity contribution in [3.05, 3.63) is 23.9 Å². The van der Waals surface area contributed by atoms with Crippen LogP contribution >= 0.6 is 24.0 Å². The summed E-state index contributed by atoms with van der Waals surface area (Å²) in [5, 5.41) is 6.47. The van der Waals surface area contributed by atoms with Gasteiger partial charge in [-0.3, -0.25) is 9.79 Å². The number of halogens is 1. The van der Waals surface area contributed by atoms with Crippen molar-refractivity contribution < 1.29 is 9.53 Å². The number of carbonyl (C=O) groups excluding carboxylic acids is 1. The number of aromatic nitrogens is 1. The molecule has 1 aromatic rings. The first-order valence-corrected chi connectivity index (χ1v) is 10.2. The van der Waals surface area contributed by atoms with E-state index >= 15 is 0 Å². The summed E-state index contributed by atoms with van der Waals surface area (Å²) in [6, 6.07) is 4.20. The number of piperidine rings is 1. The van der Waals surface area contributed by atoms with E-state index in [0.29, 0.717) is 13.0 Å². The summed E-state index contributed by atoms with van der Waals surface area (Å²) in [5.41, 5.74) is 1.19.